The Kier molecular flexibility index (Phi) is 4.72. The zero-order valence-electron chi connectivity index (χ0n) is 10.8. The second-order valence-corrected chi connectivity index (χ2v) is 6.18. The molecule has 1 rings (SSSR count). The predicted molar refractivity (Wildman–Crippen MR) is 69.7 cm³/mol. The van der Waals surface area contributed by atoms with Crippen LogP contribution in [0, 0.1) is 0 Å². The number of hydrogen-bond acceptors (Lipinski definition) is 5. The van der Waals surface area contributed by atoms with Crippen molar-refractivity contribution in [3.05, 3.63) is 24.3 Å². The summed E-state index contributed by atoms with van der Waals surface area (Å²) in [4.78, 5) is 0.0673. The van der Waals surface area contributed by atoms with Gasteiger partial charge in [-0.3, -0.25) is 4.18 Å². The molecule has 0 aliphatic carbocycles. The van der Waals surface area contributed by atoms with E-state index in [2.05, 4.69) is 0 Å². The van der Waals surface area contributed by atoms with E-state index in [1.807, 2.05) is 13.8 Å². The van der Waals surface area contributed by atoms with Crippen LogP contribution in [0.3, 0.4) is 0 Å². The highest BCUT2D eigenvalue weighted by molar-refractivity contribution is 7.86. The Morgan fingerprint density at radius 1 is 1.33 bits per heavy atom. The maximum atomic E-state index is 11.8. The van der Waals surface area contributed by atoms with Crippen LogP contribution in [0.25, 0.3) is 0 Å². The Bertz CT molecular complexity index is 497. The molecule has 0 amide bonds. The summed E-state index contributed by atoms with van der Waals surface area (Å²) in [6.45, 7) is 3.80. The largest absolute Gasteiger partial charge is 0.399 e. The van der Waals surface area contributed by atoms with Gasteiger partial charge in [-0.25, -0.2) is 0 Å². The van der Waals surface area contributed by atoms with Gasteiger partial charge in [-0.2, -0.15) is 8.42 Å². The Balaban J connectivity index is 2.67. The van der Waals surface area contributed by atoms with Crippen molar-refractivity contribution in [2.45, 2.75) is 30.8 Å². The van der Waals surface area contributed by atoms with Crippen molar-refractivity contribution < 1.29 is 17.3 Å². The van der Waals surface area contributed by atoms with E-state index in [1.54, 1.807) is 19.2 Å². The van der Waals surface area contributed by atoms with Crippen LogP contribution < -0.4 is 5.73 Å². The molecule has 0 aliphatic heterocycles. The average molecular weight is 273 g/mol. The van der Waals surface area contributed by atoms with Gasteiger partial charge in [-0.15, -0.1) is 0 Å². The van der Waals surface area contributed by atoms with Gasteiger partial charge in [-0.05, 0) is 32.0 Å². The number of hydrogen-bond donors (Lipinski definition) is 1. The topological polar surface area (TPSA) is 78.6 Å². The van der Waals surface area contributed by atoms with Crippen LogP contribution in [0.4, 0.5) is 5.69 Å². The molecule has 0 atom stereocenters. The third-order valence-corrected chi connectivity index (χ3v) is 3.95. The van der Waals surface area contributed by atoms with Crippen molar-refractivity contribution in [2.75, 3.05) is 19.5 Å². The minimum Gasteiger partial charge on any atom is -0.399 e. The van der Waals surface area contributed by atoms with Crippen molar-refractivity contribution in [2.24, 2.45) is 0 Å². The number of ether oxygens (including phenoxy) is 1. The summed E-state index contributed by atoms with van der Waals surface area (Å²) < 4.78 is 33.8. The average Bonchev–Trinajstić information content (AvgIpc) is 2.28. The SMILES string of the molecule is COC(C)(C)CCOS(=O)(=O)c1cccc(N)c1. The molecule has 5 nitrogen and oxygen atoms in total. The summed E-state index contributed by atoms with van der Waals surface area (Å²) >= 11 is 0. The van der Waals surface area contributed by atoms with E-state index in [0.29, 0.717) is 12.1 Å². The summed E-state index contributed by atoms with van der Waals surface area (Å²) in [5.41, 5.74) is 5.51. The van der Waals surface area contributed by atoms with Crippen molar-refractivity contribution in [3.8, 4) is 0 Å². The lowest BCUT2D eigenvalue weighted by atomic mass is 10.1. The summed E-state index contributed by atoms with van der Waals surface area (Å²) in [5, 5.41) is 0. The van der Waals surface area contributed by atoms with E-state index >= 15 is 0 Å². The fourth-order valence-corrected chi connectivity index (χ4v) is 2.20. The van der Waals surface area contributed by atoms with E-state index in [4.69, 9.17) is 14.7 Å². The standard InChI is InChI=1S/C12H19NO4S/c1-12(2,16-3)7-8-17-18(14,15)11-6-4-5-10(13)9-11/h4-6,9H,7-8,13H2,1-3H3. The van der Waals surface area contributed by atoms with Gasteiger partial charge in [0, 0.05) is 19.2 Å². The molecular weight excluding hydrogens is 254 g/mol. The first kappa shape index (κ1) is 14.9. The highest BCUT2D eigenvalue weighted by atomic mass is 32.2. The van der Waals surface area contributed by atoms with Gasteiger partial charge < -0.3 is 10.5 Å². The molecule has 0 aromatic heterocycles. The molecule has 0 saturated carbocycles. The lowest BCUT2D eigenvalue weighted by Gasteiger charge is -2.22. The van der Waals surface area contributed by atoms with Gasteiger partial charge in [0.1, 0.15) is 0 Å². The van der Waals surface area contributed by atoms with Crippen molar-refractivity contribution >= 4 is 15.8 Å². The molecule has 0 radical (unpaired) electrons. The number of methoxy groups -OCH3 is 1. The molecule has 0 aliphatic rings. The number of benzene rings is 1. The third kappa shape index (κ3) is 4.29. The van der Waals surface area contributed by atoms with Crippen molar-refractivity contribution in [1.29, 1.82) is 0 Å². The van der Waals surface area contributed by atoms with E-state index in [9.17, 15) is 8.42 Å². The molecule has 0 unspecified atom stereocenters. The molecule has 0 bridgehead atoms. The van der Waals surface area contributed by atoms with Crippen LogP contribution in [-0.2, 0) is 19.0 Å². The molecule has 0 saturated heterocycles. The zero-order valence-corrected chi connectivity index (χ0v) is 11.7. The van der Waals surface area contributed by atoms with Gasteiger partial charge in [-0.1, -0.05) is 6.07 Å². The van der Waals surface area contributed by atoms with Gasteiger partial charge in [0.05, 0.1) is 17.1 Å². The Morgan fingerprint density at radius 2 is 2.00 bits per heavy atom. The van der Waals surface area contributed by atoms with E-state index in [-0.39, 0.29) is 11.5 Å². The summed E-state index contributed by atoms with van der Waals surface area (Å²) in [7, 11) is -2.17. The first-order chi connectivity index (χ1) is 8.27. The van der Waals surface area contributed by atoms with E-state index in [1.165, 1.54) is 12.1 Å². The normalized spacial score (nSPS) is 12.6. The minimum atomic E-state index is -3.75. The highest BCUT2D eigenvalue weighted by Gasteiger charge is 2.20. The first-order valence-corrected chi connectivity index (χ1v) is 6.98. The maximum absolute atomic E-state index is 11.8. The molecule has 0 spiro atoms. The zero-order chi connectivity index (χ0) is 13.8. The Morgan fingerprint density at radius 3 is 2.56 bits per heavy atom. The summed E-state index contributed by atoms with van der Waals surface area (Å²) in [5.74, 6) is 0. The Hall–Kier alpha value is -1.11. The highest BCUT2D eigenvalue weighted by Crippen LogP contribution is 2.18. The minimum absolute atomic E-state index is 0.0673. The first-order valence-electron chi connectivity index (χ1n) is 5.57. The molecule has 0 heterocycles. The number of nitrogen functional groups attached to an aromatic ring is 1. The lowest BCUT2D eigenvalue weighted by molar-refractivity contribution is 0.00610. The van der Waals surface area contributed by atoms with Crippen LogP contribution >= 0.6 is 0 Å². The fourth-order valence-electron chi connectivity index (χ4n) is 1.24. The molecule has 102 valence electrons. The van der Waals surface area contributed by atoms with Gasteiger partial charge >= 0.3 is 0 Å². The summed E-state index contributed by atoms with van der Waals surface area (Å²) in [6.07, 6.45) is 0.477. The second-order valence-electron chi connectivity index (χ2n) is 4.56. The van der Waals surface area contributed by atoms with Crippen molar-refractivity contribution in [3.63, 3.8) is 0 Å². The van der Waals surface area contributed by atoms with E-state index < -0.39 is 15.7 Å². The quantitative estimate of drug-likeness (QED) is 0.631. The number of nitrogens with two attached hydrogens (primary N) is 1. The Labute approximate surface area is 108 Å². The van der Waals surface area contributed by atoms with Gasteiger partial charge in [0.2, 0.25) is 0 Å². The molecule has 18 heavy (non-hydrogen) atoms. The van der Waals surface area contributed by atoms with E-state index in [0.717, 1.165) is 0 Å². The van der Waals surface area contributed by atoms with Gasteiger partial charge in [0.15, 0.2) is 0 Å². The molecule has 6 heteroatoms. The van der Waals surface area contributed by atoms with Gasteiger partial charge in [0.25, 0.3) is 10.1 Å². The maximum Gasteiger partial charge on any atom is 0.297 e. The van der Waals surface area contributed by atoms with Crippen LogP contribution in [0.2, 0.25) is 0 Å². The monoisotopic (exact) mass is 273 g/mol. The second kappa shape index (κ2) is 5.69. The van der Waals surface area contributed by atoms with Crippen LogP contribution in [0.1, 0.15) is 20.3 Å². The predicted octanol–water partition coefficient (Wildman–Crippen LogP) is 1.79. The van der Waals surface area contributed by atoms with Crippen LogP contribution in [0.5, 0.6) is 0 Å². The third-order valence-electron chi connectivity index (χ3n) is 2.64. The van der Waals surface area contributed by atoms with Crippen LogP contribution in [0.15, 0.2) is 29.2 Å². The lowest BCUT2D eigenvalue weighted by Crippen LogP contribution is -2.25. The molecule has 2 N–H and O–H groups in total. The van der Waals surface area contributed by atoms with Crippen LogP contribution in [-0.4, -0.2) is 27.7 Å². The fraction of sp³-hybridized carbons (Fsp3) is 0.500. The molecule has 1 aromatic carbocycles. The molecular formula is C12H19NO4S. The molecule has 1 aromatic rings. The number of anilines is 1. The molecule has 0 fully saturated rings. The van der Waals surface area contributed by atoms with Crippen molar-refractivity contribution in [1.82, 2.24) is 0 Å². The summed E-state index contributed by atoms with van der Waals surface area (Å²) in [6, 6.07) is 6.02. The number of rotatable bonds is 6. The smallest absolute Gasteiger partial charge is 0.297 e.